The largest absolute Gasteiger partial charge is 0.508 e. The highest BCUT2D eigenvalue weighted by Gasteiger charge is 2.41. The lowest BCUT2D eigenvalue weighted by molar-refractivity contribution is -0.143. The van der Waals surface area contributed by atoms with E-state index in [2.05, 4.69) is 52.5 Å². The Morgan fingerprint density at radius 1 is 0.602 bits per heavy atom. The molecule has 0 radical (unpaired) electrons. The highest BCUT2D eigenvalue weighted by Crippen LogP contribution is 2.22. The number of carboxylic acid groups (broad SMARTS) is 1. The summed E-state index contributed by atoms with van der Waals surface area (Å²) >= 11 is 0. The summed E-state index contributed by atoms with van der Waals surface area (Å²) in [7, 11) is 0. The molecule has 5 rings (SSSR count). The molecule has 2 aromatic carbocycles. The molecule has 3 aromatic rings. The fraction of sp³-hybridized carbons (Fsp3) is 0.544. The van der Waals surface area contributed by atoms with Crippen LogP contribution in [0.25, 0.3) is 0 Å². The lowest BCUT2D eigenvalue weighted by atomic mass is 9.98. The number of aromatic nitrogens is 2. The van der Waals surface area contributed by atoms with Crippen LogP contribution in [0.2, 0.25) is 0 Å². The molecule has 26 nitrogen and oxygen atoms in total. The van der Waals surface area contributed by atoms with Crippen LogP contribution in [0, 0.1) is 17.8 Å². The Balaban J connectivity index is 1.22. The van der Waals surface area contributed by atoms with Gasteiger partial charge in [0.1, 0.15) is 54.6 Å². The molecule has 0 saturated carbocycles. The molecule has 452 valence electrons. The fourth-order valence-corrected chi connectivity index (χ4v) is 9.89. The standard InChI is InChI=1S/C57H81N13O13/c1-32(2)22-39(58)50(76)65-41(24-35-12-8-7-9-13-35)52(78)67-42(25-36-16-18-38(71)19-17-36)53(79)66-40(23-33(3)4)54(80)68-49(34(5)6)57(83)70-21-11-15-45(70)56(82)61-29-47(73)69-20-10-14-44(69)55(81)60-28-46(72)64-43(26-37-27-59-31-63-37)51(77)62-30-48(74)75/h7-9,12-13,16-19,27,31-34,39-45,49,71H,10-11,14-15,20-26,28-30,58H2,1-6H3,(H,59,63)(H,60,81)(H,61,82)(H,62,77)(H,64,72)(H,65,76)(H,66,79)(H,67,78)(H,68,80)(H,74,75)/t39-,40-,41-,42-,43-,44-,45-,49-/m0/s1. The number of nitrogens with one attached hydrogen (secondary N) is 9. The highest BCUT2D eigenvalue weighted by atomic mass is 16.4. The second-order valence-corrected chi connectivity index (χ2v) is 22.2. The van der Waals surface area contributed by atoms with Crippen LogP contribution in [0.15, 0.2) is 67.1 Å². The van der Waals surface area contributed by atoms with Crippen molar-refractivity contribution in [3.8, 4) is 5.75 Å². The van der Waals surface area contributed by atoms with Crippen molar-refractivity contribution in [2.75, 3.05) is 32.7 Å². The Labute approximate surface area is 482 Å². The third-order valence-corrected chi connectivity index (χ3v) is 14.2. The number of nitrogens with two attached hydrogens (primary N) is 1. The van der Waals surface area contributed by atoms with Gasteiger partial charge in [-0.1, -0.05) is 84.0 Å². The van der Waals surface area contributed by atoms with Crippen molar-refractivity contribution < 1.29 is 63.0 Å². The van der Waals surface area contributed by atoms with Crippen molar-refractivity contribution in [2.24, 2.45) is 23.5 Å². The van der Waals surface area contributed by atoms with E-state index >= 15 is 0 Å². The maximum absolute atomic E-state index is 14.5. The Morgan fingerprint density at radius 3 is 1.70 bits per heavy atom. The van der Waals surface area contributed by atoms with E-state index in [1.165, 1.54) is 34.5 Å². The minimum absolute atomic E-state index is 0.0265. The van der Waals surface area contributed by atoms with Gasteiger partial charge in [-0.15, -0.1) is 0 Å². The predicted molar refractivity (Wildman–Crippen MR) is 302 cm³/mol. The number of aliphatic carboxylic acids is 1. The number of nitrogens with zero attached hydrogens (tertiary/aromatic N) is 3. The van der Waals surface area contributed by atoms with Gasteiger partial charge in [-0.2, -0.15) is 0 Å². The van der Waals surface area contributed by atoms with Crippen molar-refractivity contribution in [2.45, 2.75) is 148 Å². The topological polar surface area (TPSA) is 386 Å². The minimum Gasteiger partial charge on any atom is -0.508 e. The number of imidazole rings is 1. The number of phenols is 1. The maximum atomic E-state index is 14.5. The number of amides is 10. The van der Waals surface area contributed by atoms with Gasteiger partial charge in [0.2, 0.25) is 59.1 Å². The summed E-state index contributed by atoms with van der Waals surface area (Å²) in [5.41, 5.74) is 7.97. The summed E-state index contributed by atoms with van der Waals surface area (Å²) in [5, 5.41) is 40.0. The number of aromatic hydroxyl groups is 1. The van der Waals surface area contributed by atoms with E-state index in [1.807, 2.05) is 33.8 Å². The number of hydrogen-bond donors (Lipinski definition) is 12. The second kappa shape index (κ2) is 31.7. The third kappa shape index (κ3) is 20.5. The van der Waals surface area contributed by atoms with E-state index in [9.17, 15) is 57.8 Å². The van der Waals surface area contributed by atoms with Crippen LogP contribution in [0.5, 0.6) is 5.75 Å². The Kier molecular flexibility index (Phi) is 25.0. The first-order chi connectivity index (χ1) is 39.4. The van der Waals surface area contributed by atoms with Crippen LogP contribution in [0.4, 0.5) is 0 Å². The molecule has 0 spiro atoms. The monoisotopic (exact) mass is 1160 g/mol. The zero-order valence-corrected chi connectivity index (χ0v) is 47.9. The molecule has 0 bridgehead atoms. The molecule has 0 unspecified atom stereocenters. The van der Waals surface area contributed by atoms with E-state index in [0.29, 0.717) is 30.5 Å². The van der Waals surface area contributed by atoms with Gasteiger partial charge in [0.05, 0.1) is 25.5 Å². The summed E-state index contributed by atoms with van der Waals surface area (Å²) in [6, 6.07) is 5.99. The Hall–Kier alpha value is -8.42. The molecule has 2 aliphatic heterocycles. The molecule has 8 atom stereocenters. The molecule has 2 fully saturated rings. The number of carbonyl (C=O) groups is 11. The second-order valence-electron chi connectivity index (χ2n) is 22.2. The average Bonchev–Trinajstić information content (AvgIpc) is 4.36. The molecule has 2 aliphatic rings. The fourth-order valence-electron chi connectivity index (χ4n) is 9.89. The van der Waals surface area contributed by atoms with Crippen LogP contribution in [0.1, 0.15) is 96.9 Å². The summed E-state index contributed by atoms with van der Waals surface area (Å²) in [5.74, 6) is -8.60. The zero-order valence-electron chi connectivity index (χ0n) is 47.9. The number of phenolic OH excluding ortho intramolecular Hbond substituents is 1. The van der Waals surface area contributed by atoms with Crippen molar-refractivity contribution in [1.29, 1.82) is 0 Å². The molecule has 83 heavy (non-hydrogen) atoms. The van der Waals surface area contributed by atoms with Crippen molar-refractivity contribution in [3.05, 3.63) is 83.9 Å². The highest BCUT2D eigenvalue weighted by molar-refractivity contribution is 5.98. The molecule has 0 aliphatic carbocycles. The quantitative estimate of drug-likeness (QED) is 0.0383. The SMILES string of the molecule is CC(C)C[C@H](NC(=O)[C@H](Cc1ccc(O)cc1)NC(=O)[C@H](Cc1ccccc1)NC(=O)[C@@H](N)CC(C)C)C(=O)N[C@H](C(=O)N1CCC[C@H]1C(=O)NCC(=O)N1CCC[C@H]1C(=O)NCC(=O)N[C@@H](Cc1cnc[nH]1)C(=O)NCC(=O)O)C(C)C. The number of H-pyrrole nitrogens is 1. The first-order valence-electron chi connectivity index (χ1n) is 28.1. The molecule has 26 heteroatoms. The smallest absolute Gasteiger partial charge is 0.322 e. The van der Waals surface area contributed by atoms with Crippen LogP contribution in [-0.4, -0.2) is 176 Å². The van der Waals surface area contributed by atoms with Crippen molar-refractivity contribution >= 4 is 65.0 Å². The van der Waals surface area contributed by atoms with Gasteiger partial charge in [-0.25, -0.2) is 4.98 Å². The van der Waals surface area contributed by atoms with E-state index in [-0.39, 0.29) is 69.2 Å². The first-order valence-corrected chi connectivity index (χ1v) is 28.1. The molecule has 3 heterocycles. The number of carboxylic acids is 1. The Bertz CT molecular complexity index is 2720. The van der Waals surface area contributed by atoms with Gasteiger partial charge in [0, 0.05) is 44.2 Å². The number of benzene rings is 2. The molecule has 13 N–H and O–H groups in total. The molecule has 2 saturated heterocycles. The average molecular weight is 1160 g/mol. The van der Waals surface area contributed by atoms with Gasteiger partial charge in [-0.05, 0) is 79.5 Å². The number of aromatic amines is 1. The Morgan fingerprint density at radius 2 is 1.13 bits per heavy atom. The lowest BCUT2D eigenvalue weighted by Crippen LogP contribution is -2.61. The van der Waals surface area contributed by atoms with Crippen molar-refractivity contribution in [1.82, 2.24) is 62.3 Å². The lowest BCUT2D eigenvalue weighted by Gasteiger charge is -2.32. The summed E-state index contributed by atoms with van der Waals surface area (Å²) < 4.78 is 0. The van der Waals surface area contributed by atoms with Crippen LogP contribution >= 0.6 is 0 Å². The summed E-state index contributed by atoms with van der Waals surface area (Å²) in [6.45, 7) is 9.48. The van der Waals surface area contributed by atoms with Crippen LogP contribution in [-0.2, 0) is 72.0 Å². The zero-order chi connectivity index (χ0) is 60.9. The van der Waals surface area contributed by atoms with E-state index in [1.54, 1.807) is 50.2 Å². The molecule has 10 amide bonds. The van der Waals surface area contributed by atoms with Gasteiger partial charge in [0.15, 0.2) is 0 Å². The molecular formula is C57H81N13O13. The molecular weight excluding hydrogens is 1070 g/mol. The maximum Gasteiger partial charge on any atom is 0.322 e. The predicted octanol–water partition coefficient (Wildman–Crippen LogP) is -0.942. The van der Waals surface area contributed by atoms with Crippen molar-refractivity contribution in [3.63, 3.8) is 0 Å². The first kappa shape index (κ1) is 65.4. The minimum atomic E-state index is -1.31. The number of likely N-dealkylation sites (tertiary alicyclic amines) is 2. The summed E-state index contributed by atoms with van der Waals surface area (Å²) in [6.07, 6.45) is 4.55. The van der Waals surface area contributed by atoms with E-state index in [0.717, 1.165) is 5.56 Å². The van der Waals surface area contributed by atoms with Gasteiger partial charge >= 0.3 is 5.97 Å². The van der Waals surface area contributed by atoms with E-state index in [4.69, 9.17) is 10.8 Å². The van der Waals surface area contributed by atoms with Gasteiger partial charge < -0.3 is 73.3 Å². The summed E-state index contributed by atoms with van der Waals surface area (Å²) in [4.78, 5) is 158. The van der Waals surface area contributed by atoms with Crippen LogP contribution < -0.4 is 48.3 Å². The molecule has 1 aromatic heterocycles. The van der Waals surface area contributed by atoms with E-state index < -0.39 is 139 Å². The van der Waals surface area contributed by atoms with Crippen LogP contribution in [0.3, 0.4) is 0 Å². The van der Waals surface area contributed by atoms with Gasteiger partial charge in [-0.3, -0.25) is 52.7 Å². The number of hydrogen-bond acceptors (Lipinski definition) is 14. The normalized spacial score (nSPS) is 17.1. The number of carbonyl (C=O) groups excluding carboxylic acids is 10. The third-order valence-electron chi connectivity index (χ3n) is 14.2. The van der Waals surface area contributed by atoms with Gasteiger partial charge in [0.25, 0.3) is 0 Å². The number of rotatable bonds is 30.